The first-order valence-corrected chi connectivity index (χ1v) is 19.7. The Balaban J connectivity index is 1.08. The van der Waals surface area contributed by atoms with Crippen LogP contribution in [0.3, 0.4) is 0 Å². The highest BCUT2D eigenvalue weighted by atomic mass is 16.5. The summed E-state index contributed by atoms with van der Waals surface area (Å²) in [5.41, 5.74) is 8.79. The number of rotatable bonds is 9. The molecular weight excluding hydrogens is 711 g/mol. The molecule has 3 aliphatic heterocycles. The minimum absolute atomic E-state index is 0.0764. The summed E-state index contributed by atoms with van der Waals surface area (Å²) in [6.45, 7) is 6.52. The second kappa shape index (κ2) is 15.1. The number of urea groups is 1. The number of benzene rings is 6. The third kappa shape index (κ3) is 6.71. The van der Waals surface area contributed by atoms with E-state index in [9.17, 15) is 14.4 Å². The summed E-state index contributed by atoms with van der Waals surface area (Å²) in [6.07, 6.45) is 3.33. The molecule has 0 radical (unpaired) electrons. The number of imide groups is 2. The highest BCUT2D eigenvalue weighted by Gasteiger charge is 2.40. The van der Waals surface area contributed by atoms with Gasteiger partial charge in [-0.25, -0.2) is 9.69 Å². The van der Waals surface area contributed by atoms with Crippen LogP contribution in [-0.4, -0.2) is 37.5 Å². The second-order valence-electron chi connectivity index (χ2n) is 14.9. The number of fused-ring (bicyclic) bond motifs is 1. The first-order valence-electron chi connectivity index (χ1n) is 19.7. The maximum absolute atomic E-state index is 14.5. The van der Waals surface area contributed by atoms with Crippen molar-refractivity contribution in [3.8, 4) is 11.5 Å². The van der Waals surface area contributed by atoms with Crippen LogP contribution in [-0.2, 0) is 16.2 Å². The zero-order valence-electron chi connectivity index (χ0n) is 32.0. The summed E-state index contributed by atoms with van der Waals surface area (Å²) in [4.78, 5) is 45.2. The van der Waals surface area contributed by atoms with Gasteiger partial charge in [0, 0.05) is 36.2 Å². The third-order valence-corrected chi connectivity index (χ3v) is 11.6. The second-order valence-corrected chi connectivity index (χ2v) is 14.9. The normalized spacial score (nSPS) is 18.4. The van der Waals surface area contributed by atoms with E-state index in [1.54, 1.807) is 18.2 Å². The molecule has 2 atom stereocenters. The quantitative estimate of drug-likeness (QED) is 0.117. The summed E-state index contributed by atoms with van der Waals surface area (Å²) in [6, 6.07) is 41.8. The lowest BCUT2D eigenvalue weighted by Crippen LogP contribution is -2.54. The number of nitrogens with zero attached hydrogens (tertiary/aromatic N) is 2. The summed E-state index contributed by atoms with van der Waals surface area (Å²) in [5, 5.41) is 4.73. The smallest absolute Gasteiger partial charge is 0.335 e. The molecule has 0 bridgehead atoms. The molecule has 8 heteroatoms. The molecule has 1 saturated heterocycles. The Morgan fingerprint density at radius 2 is 1.37 bits per heavy atom. The van der Waals surface area contributed by atoms with Gasteiger partial charge in [0.15, 0.2) is 11.5 Å². The van der Waals surface area contributed by atoms with E-state index in [4.69, 9.17) is 9.47 Å². The molecular formula is C49H43N3O5. The van der Waals surface area contributed by atoms with Gasteiger partial charge in [-0.1, -0.05) is 103 Å². The van der Waals surface area contributed by atoms with Gasteiger partial charge >= 0.3 is 6.03 Å². The lowest BCUT2D eigenvalue weighted by atomic mass is 9.76. The Morgan fingerprint density at radius 3 is 2.04 bits per heavy atom. The van der Waals surface area contributed by atoms with E-state index in [0.717, 1.165) is 63.9 Å². The largest absolute Gasteiger partial charge is 0.490 e. The van der Waals surface area contributed by atoms with Crippen LogP contribution < -0.4 is 24.6 Å². The van der Waals surface area contributed by atoms with E-state index in [1.807, 2.05) is 43.3 Å². The third-order valence-electron chi connectivity index (χ3n) is 11.6. The molecule has 1 fully saturated rings. The molecule has 57 heavy (non-hydrogen) atoms. The number of hydrogen-bond acceptors (Lipinski definition) is 6. The van der Waals surface area contributed by atoms with Gasteiger partial charge < -0.3 is 14.4 Å². The molecule has 0 spiro atoms. The molecule has 0 aliphatic carbocycles. The van der Waals surface area contributed by atoms with Gasteiger partial charge in [0.1, 0.15) is 12.2 Å². The minimum Gasteiger partial charge on any atom is -0.490 e. The van der Waals surface area contributed by atoms with Gasteiger partial charge in [-0.2, -0.15) is 0 Å². The lowest BCUT2D eigenvalue weighted by Gasteiger charge is -2.44. The molecule has 6 aromatic rings. The first-order chi connectivity index (χ1) is 27.9. The molecule has 3 aliphatic rings. The molecule has 3 heterocycles. The van der Waals surface area contributed by atoms with Gasteiger partial charge in [0.25, 0.3) is 11.8 Å². The van der Waals surface area contributed by atoms with Crippen molar-refractivity contribution >= 4 is 46.1 Å². The fourth-order valence-electron chi connectivity index (χ4n) is 8.82. The van der Waals surface area contributed by atoms with Crippen molar-refractivity contribution in [1.29, 1.82) is 0 Å². The number of amides is 4. The molecule has 0 aromatic heterocycles. The van der Waals surface area contributed by atoms with Crippen LogP contribution in [0.25, 0.3) is 16.8 Å². The van der Waals surface area contributed by atoms with Crippen LogP contribution in [0, 0.1) is 6.92 Å². The van der Waals surface area contributed by atoms with E-state index in [-0.39, 0.29) is 17.4 Å². The fraction of sp³-hybridized carbons (Fsp3) is 0.204. The Hall–Kier alpha value is -6.67. The van der Waals surface area contributed by atoms with Crippen LogP contribution in [0.4, 0.5) is 16.2 Å². The van der Waals surface area contributed by atoms with Crippen molar-refractivity contribution in [2.45, 2.75) is 45.1 Å². The molecule has 9 rings (SSSR count). The van der Waals surface area contributed by atoms with Crippen LogP contribution in [0.2, 0.25) is 0 Å². The zero-order chi connectivity index (χ0) is 39.0. The van der Waals surface area contributed by atoms with E-state index < -0.39 is 17.8 Å². The number of aryl methyl sites for hydroxylation is 1. The van der Waals surface area contributed by atoms with Crippen molar-refractivity contribution in [2.24, 2.45) is 0 Å². The van der Waals surface area contributed by atoms with Crippen molar-refractivity contribution in [3.63, 3.8) is 0 Å². The van der Waals surface area contributed by atoms with E-state index in [2.05, 4.69) is 89.9 Å². The number of ether oxygens (including phenoxy) is 2. The molecule has 284 valence electrons. The van der Waals surface area contributed by atoms with Gasteiger partial charge in [-0.15, -0.1) is 0 Å². The predicted molar refractivity (Wildman–Crippen MR) is 224 cm³/mol. The fourth-order valence-corrected chi connectivity index (χ4v) is 8.82. The van der Waals surface area contributed by atoms with Crippen LogP contribution in [0.5, 0.6) is 11.5 Å². The number of anilines is 2. The average molecular weight is 754 g/mol. The summed E-state index contributed by atoms with van der Waals surface area (Å²) >= 11 is 0. The zero-order valence-corrected chi connectivity index (χ0v) is 32.0. The van der Waals surface area contributed by atoms with Crippen LogP contribution >= 0.6 is 0 Å². The maximum atomic E-state index is 14.5. The maximum Gasteiger partial charge on any atom is 0.335 e. The summed E-state index contributed by atoms with van der Waals surface area (Å²) in [5.74, 6) is -0.253. The monoisotopic (exact) mass is 753 g/mol. The van der Waals surface area contributed by atoms with Gasteiger partial charge in [-0.3, -0.25) is 14.9 Å². The molecule has 6 aromatic carbocycles. The minimum atomic E-state index is -0.771. The molecule has 1 N–H and O–H groups in total. The lowest BCUT2D eigenvalue weighted by molar-refractivity contribution is -0.122. The summed E-state index contributed by atoms with van der Waals surface area (Å²) < 4.78 is 12.4. The molecule has 4 amide bonds. The van der Waals surface area contributed by atoms with Gasteiger partial charge in [-0.05, 0) is 101 Å². The van der Waals surface area contributed by atoms with Crippen molar-refractivity contribution < 1.29 is 23.9 Å². The molecule has 0 unspecified atom stereocenters. The topological polar surface area (TPSA) is 88.2 Å². The Kier molecular flexibility index (Phi) is 9.54. The van der Waals surface area contributed by atoms with Crippen LogP contribution in [0.1, 0.15) is 70.5 Å². The van der Waals surface area contributed by atoms with Gasteiger partial charge in [0.05, 0.1) is 12.3 Å². The van der Waals surface area contributed by atoms with Crippen LogP contribution in [0.15, 0.2) is 133 Å². The number of carbonyl (C=O) groups is 3. The van der Waals surface area contributed by atoms with Gasteiger partial charge in [0.2, 0.25) is 0 Å². The number of nitrogens with one attached hydrogen (secondary N) is 1. The van der Waals surface area contributed by atoms with Crippen molar-refractivity contribution in [2.75, 3.05) is 29.5 Å². The van der Waals surface area contributed by atoms with E-state index in [1.165, 1.54) is 22.9 Å². The Bertz CT molecular complexity index is 2490. The number of carbonyl (C=O) groups excluding carboxylic acids is 3. The predicted octanol–water partition coefficient (Wildman–Crippen LogP) is 9.67. The summed E-state index contributed by atoms with van der Waals surface area (Å²) in [7, 11) is 0. The van der Waals surface area contributed by atoms with Crippen molar-refractivity contribution in [3.05, 3.63) is 172 Å². The highest BCUT2D eigenvalue weighted by molar-refractivity contribution is 6.39. The molecule has 0 saturated carbocycles. The average Bonchev–Trinajstić information content (AvgIpc) is 3.23. The first kappa shape index (κ1) is 36.0. The Morgan fingerprint density at radius 1 is 0.719 bits per heavy atom. The van der Waals surface area contributed by atoms with Crippen molar-refractivity contribution in [1.82, 2.24) is 5.32 Å². The Labute approximate surface area is 332 Å². The number of hydrogen-bond donors (Lipinski definition) is 1. The molecule has 8 nitrogen and oxygen atoms in total. The SMILES string of the molecule is CCOc1cc(/C=C2\C(=O)NC(=O)N(c3cc4c5c(c3)[C@H](c3ccccc3)CCN5CC[C@H]4c3ccccc3)C2=O)ccc1OCc1c(C)ccc2ccccc12. The number of barbiturate groups is 1. The standard InChI is InChI=1S/C49H43N3O5/c1-3-56-45-27-32(19-21-44(45)57-30-43-31(2)18-20-35-16-10-11-17-37(35)43)26-42-47(53)50-49(55)52(48(42)54)36-28-40-38(33-12-6-4-7-13-33)22-24-51-25-23-39(41(29-36)46(40)51)34-14-8-5-9-15-34/h4-21,26-29,38-39H,3,22-25,30H2,1-2H3,(H,50,53,55)/b42-26+/t38-,39-/m0/s1. The highest BCUT2D eigenvalue weighted by Crippen LogP contribution is 2.50. The van der Waals surface area contributed by atoms with E-state index >= 15 is 0 Å². The van der Waals surface area contributed by atoms with E-state index in [0.29, 0.717) is 36.0 Å².